The molecule has 2 aromatic rings. The summed E-state index contributed by atoms with van der Waals surface area (Å²) in [5.41, 5.74) is 7.56. The highest BCUT2D eigenvalue weighted by molar-refractivity contribution is 5.67. The van der Waals surface area contributed by atoms with Crippen molar-refractivity contribution in [2.75, 3.05) is 0 Å². The van der Waals surface area contributed by atoms with Crippen LogP contribution in [0.25, 0.3) is 17.2 Å². The van der Waals surface area contributed by atoms with Crippen molar-refractivity contribution in [1.82, 2.24) is 0 Å². The first kappa shape index (κ1) is 15.4. The van der Waals surface area contributed by atoms with E-state index < -0.39 is 0 Å². The van der Waals surface area contributed by atoms with Gasteiger partial charge in [-0.2, -0.15) is 0 Å². The van der Waals surface area contributed by atoms with Crippen LogP contribution in [0.2, 0.25) is 0 Å². The SMILES string of the molecule is C=Cc1ccc(-c2ccc(C)c(C34CC5CC(CC(C5)C3)C4)c2)cc1. The molecule has 4 bridgehead atoms. The van der Waals surface area contributed by atoms with Gasteiger partial charge in [-0.25, -0.2) is 0 Å². The molecule has 128 valence electrons. The summed E-state index contributed by atoms with van der Waals surface area (Å²) in [6, 6.07) is 16.0. The van der Waals surface area contributed by atoms with Crippen LogP contribution in [0.5, 0.6) is 0 Å². The lowest BCUT2D eigenvalue weighted by molar-refractivity contribution is -0.00544. The molecule has 0 amide bonds. The Hall–Kier alpha value is -1.82. The minimum atomic E-state index is 0.482. The van der Waals surface area contributed by atoms with Gasteiger partial charge < -0.3 is 0 Å². The van der Waals surface area contributed by atoms with Crippen molar-refractivity contribution in [3.8, 4) is 11.1 Å². The van der Waals surface area contributed by atoms with Crippen molar-refractivity contribution in [3.63, 3.8) is 0 Å². The van der Waals surface area contributed by atoms with Gasteiger partial charge in [0.05, 0.1) is 0 Å². The molecule has 0 aromatic heterocycles. The molecule has 0 saturated heterocycles. The van der Waals surface area contributed by atoms with Gasteiger partial charge in [-0.15, -0.1) is 0 Å². The van der Waals surface area contributed by atoms with E-state index in [0.29, 0.717) is 5.41 Å². The zero-order valence-corrected chi connectivity index (χ0v) is 15.3. The Kier molecular flexibility index (Phi) is 3.45. The molecule has 0 nitrogen and oxygen atoms in total. The standard InChI is InChI=1S/C25H28/c1-3-18-5-8-22(9-6-18)23-7-4-17(2)24(13-23)25-14-19-10-20(15-25)12-21(11-19)16-25/h3-9,13,19-21H,1,10-12,14-16H2,2H3. The largest absolute Gasteiger partial charge is 0.0985 e. The Morgan fingerprint density at radius 2 is 1.40 bits per heavy atom. The smallest absolute Gasteiger partial charge is 0.00362 e. The third kappa shape index (κ3) is 2.49. The van der Waals surface area contributed by atoms with Crippen LogP contribution in [-0.4, -0.2) is 0 Å². The van der Waals surface area contributed by atoms with E-state index >= 15 is 0 Å². The van der Waals surface area contributed by atoms with Crippen LogP contribution >= 0.6 is 0 Å². The Morgan fingerprint density at radius 1 is 0.840 bits per heavy atom. The van der Waals surface area contributed by atoms with E-state index in [0.717, 1.165) is 17.8 Å². The molecule has 4 aliphatic carbocycles. The molecule has 0 heterocycles. The second-order valence-corrected chi connectivity index (χ2v) is 9.05. The number of aryl methyl sites for hydroxylation is 1. The average Bonchev–Trinajstić information content (AvgIpc) is 2.61. The maximum Gasteiger partial charge on any atom is -0.00362 e. The van der Waals surface area contributed by atoms with Gasteiger partial charge in [0.2, 0.25) is 0 Å². The fourth-order valence-electron chi connectivity index (χ4n) is 6.63. The van der Waals surface area contributed by atoms with Gasteiger partial charge in [-0.3, -0.25) is 0 Å². The zero-order chi connectivity index (χ0) is 17.0. The van der Waals surface area contributed by atoms with Gasteiger partial charge in [0.1, 0.15) is 0 Å². The van der Waals surface area contributed by atoms with E-state index in [2.05, 4.69) is 56.0 Å². The number of hydrogen-bond donors (Lipinski definition) is 0. The molecule has 0 heteroatoms. The Bertz CT molecular complexity index is 773. The van der Waals surface area contributed by atoms with Crippen molar-refractivity contribution in [2.24, 2.45) is 17.8 Å². The highest BCUT2D eigenvalue weighted by Gasteiger charge is 2.51. The number of hydrogen-bond acceptors (Lipinski definition) is 0. The van der Waals surface area contributed by atoms with E-state index in [1.165, 1.54) is 60.8 Å². The number of rotatable bonds is 3. The highest BCUT2D eigenvalue weighted by atomic mass is 14.6. The molecule has 25 heavy (non-hydrogen) atoms. The predicted molar refractivity (Wildman–Crippen MR) is 107 cm³/mol. The molecular weight excluding hydrogens is 300 g/mol. The fraction of sp³-hybridized carbons (Fsp3) is 0.440. The summed E-state index contributed by atoms with van der Waals surface area (Å²) < 4.78 is 0. The van der Waals surface area contributed by atoms with Crippen LogP contribution in [0.3, 0.4) is 0 Å². The van der Waals surface area contributed by atoms with Crippen molar-refractivity contribution < 1.29 is 0 Å². The van der Waals surface area contributed by atoms with Crippen LogP contribution in [0.15, 0.2) is 49.0 Å². The lowest BCUT2D eigenvalue weighted by atomic mass is 9.47. The highest BCUT2D eigenvalue weighted by Crippen LogP contribution is 2.61. The molecule has 4 aliphatic rings. The summed E-state index contributed by atoms with van der Waals surface area (Å²) >= 11 is 0. The van der Waals surface area contributed by atoms with E-state index in [-0.39, 0.29) is 0 Å². The van der Waals surface area contributed by atoms with Crippen LogP contribution < -0.4 is 0 Å². The van der Waals surface area contributed by atoms with E-state index in [1.54, 1.807) is 5.56 Å². The van der Waals surface area contributed by atoms with Crippen molar-refractivity contribution in [1.29, 1.82) is 0 Å². The van der Waals surface area contributed by atoms with Gasteiger partial charge in [-0.1, -0.05) is 55.1 Å². The van der Waals surface area contributed by atoms with Crippen LogP contribution in [-0.2, 0) is 5.41 Å². The molecular formula is C25H28. The second-order valence-electron chi connectivity index (χ2n) is 9.05. The molecule has 6 rings (SSSR count). The first-order valence-electron chi connectivity index (χ1n) is 9.99. The van der Waals surface area contributed by atoms with Crippen molar-refractivity contribution in [2.45, 2.75) is 50.9 Å². The topological polar surface area (TPSA) is 0 Å². The van der Waals surface area contributed by atoms with E-state index in [4.69, 9.17) is 0 Å². The normalized spacial score (nSPS) is 32.8. The van der Waals surface area contributed by atoms with Gasteiger partial charge in [0.25, 0.3) is 0 Å². The summed E-state index contributed by atoms with van der Waals surface area (Å²) in [4.78, 5) is 0. The maximum atomic E-state index is 3.87. The Labute approximate surface area is 152 Å². The number of benzene rings is 2. The molecule has 2 aromatic carbocycles. The minimum Gasteiger partial charge on any atom is -0.0985 e. The van der Waals surface area contributed by atoms with Crippen LogP contribution in [0.4, 0.5) is 0 Å². The zero-order valence-electron chi connectivity index (χ0n) is 15.3. The van der Waals surface area contributed by atoms with Crippen LogP contribution in [0, 0.1) is 24.7 Å². The summed E-state index contributed by atoms with van der Waals surface area (Å²) in [5.74, 6) is 3.00. The van der Waals surface area contributed by atoms with Gasteiger partial charge in [-0.05, 0) is 96.4 Å². The summed E-state index contributed by atoms with van der Waals surface area (Å²) in [7, 11) is 0. The molecule has 0 N–H and O–H groups in total. The van der Waals surface area contributed by atoms with Gasteiger partial charge in [0.15, 0.2) is 0 Å². The molecule has 0 unspecified atom stereocenters. The summed E-state index contributed by atoms with van der Waals surface area (Å²) in [6.07, 6.45) is 10.8. The average molecular weight is 328 g/mol. The third-order valence-corrected chi connectivity index (χ3v) is 7.33. The van der Waals surface area contributed by atoms with E-state index in [9.17, 15) is 0 Å². The second kappa shape index (κ2) is 5.59. The molecule has 4 fully saturated rings. The molecule has 0 aliphatic heterocycles. The Morgan fingerprint density at radius 3 is 1.96 bits per heavy atom. The monoisotopic (exact) mass is 328 g/mol. The first-order chi connectivity index (χ1) is 12.1. The van der Waals surface area contributed by atoms with E-state index in [1.807, 2.05) is 6.08 Å². The van der Waals surface area contributed by atoms with Crippen molar-refractivity contribution >= 4 is 6.08 Å². The van der Waals surface area contributed by atoms with Gasteiger partial charge in [0, 0.05) is 0 Å². The lowest BCUT2D eigenvalue weighted by Gasteiger charge is -2.57. The van der Waals surface area contributed by atoms with Crippen LogP contribution in [0.1, 0.15) is 55.2 Å². The molecule has 0 radical (unpaired) electrons. The first-order valence-corrected chi connectivity index (χ1v) is 9.99. The third-order valence-electron chi connectivity index (χ3n) is 7.33. The maximum absolute atomic E-state index is 3.87. The van der Waals surface area contributed by atoms with Crippen molar-refractivity contribution in [3.05, 3.63) is 65.7 Å². The molecule has 0 atom stereocenters. The summed E-state index contributed by atoms with van der Waals surface area (Å²) in [5, 5.41) is 0. The molecule has 4 saturated carbocycles. The quantitative estimate of drug-likeness (QED) is 0.583. The molecule has 0 spiro atoms. The Balaban J connectivity index is 1.56. The fourth-order valence-corrected chi connectivity index (χ4v) is 6.63. The lowest BCUT2D eigenvalue weighted by Crippen LogP contribution is -2.48. The van der Waals surface area contributed by atoms with Gasteiger partial charge >= 0.3 is 0 Å². The predicted octanol–water partition coefficient (Wildman–Crippen LogP) is 6.77. The minimum absolute atomic E-state index is 0.482. The summed E-state index contributed by atoms with van der Waals surface area (Å²) in [6.45, 7) is 6.20.